The highest BCUT2D eigenvalue weighted by atomic mass is 16.7. The second kappa shape index (κ2) is 8.07. The van der Waals surface area contributed by atoms with Gasteiger partial charge in [-0.25, -0.2) is 0 Å². The van der Waals surface area contributed by atoms with Crippen molar-refractivity contribution in [2.24, 2.45) is 0 Å². The first-order valence-corrected chi connectivity index (χ1v) is 10.3. The summed E-state index contributed by atoms with van der Waals surface area (Å²) in [6.45, 7) is 2.70. The Bertz CT molecular complexity index is 1160. The molecule has 0 bridgehead atoms. The third-order valence-electron chi connectivity index (χ3n) is 5.94. The van der Waals surface area contributed by atoms with Gasteiger partial charge in [0.1, 0.15) is 0 Å². The summed E-state index contributed by atoms with van der Waals surface area (Å²) in [5, 5.41) is 4.15. The number of carbonyl (C=O) groups is 1. The highest BCUT2D eigenvalue weighted by molar-refractivity contribution is 5.80. The zero-order valence-electron chi connectivity index (χ0n) is 18.0. The Balaban J connectivity index is 1.33. The lowest BCUT2D eigenvalue weighted by Gasteiger charge is -2.25. The van der Waals surface area contributed by atoms with E-state index in [4.69, 9.17) is 23.5 Å². The maximum absolute atomic E-state index is 12.8. The van der Waals surface area contributed by atoms with E-state index in [1.807, 2.05) is 48.2 Å². The van der Waals surface area contributed by atoms with Crippen LogP contribution < -0.4 is 18.9 Å². The van der Waals surface area contributed by atoms with Gasteiger partial charge in [-0.2, -0.15) is 4.98 Å². The van der Waals surface area contributed by atoms with Gasteiger partial charge in [-0.05, 0) is 42.8 Å². The minimum Gasteiger partial charge on any atom is -0.493 e. The molecule has 9 nitrogen and oxygen atoms in total. The Morgan fingerprint density at radius 3 is 2.69 bits per heavy atom. The number of hydrogen-bond donors (Lipinski definition) is 0. The highest BCUT2D eigenvalue weighted by Gasteiger charge is 2.37. The van der Waals surface area contributed by atoms with Gasteiger partial charge in [-0.3, -0.25) is 4.79 Å². The molecule has 32 heavy (non-hydrogen) atoms. The summed E-state index contributed by atoms with van der Waals surface area (Å²) in [7, 11) is 3.19. The van der Waals surface area contributed by atoms with Crippen LogP contribution in [0.3, 0.4) is 0 Å². The number of hydrogen-bond acceptors (Lipinski definition) is 8. The standard InChI is InChI=1S/C23H23N3O6/c1-13(14-4-6-17(28-2)19(8-14)29-3)26-11-16(10-21(26)27)22-24-23(32-25-22)15-5-7-18-20(9-15)31-12-30-18/h4-9,13,16H,10-12H2,1-3H3. The largest absolute Gasteiger partial charge is 0.493 e. The normalized spacial score (nSPS) is 18.2. The van der Waals surface area contributed by atoms with Gasteiger partial charge in [-0.15, -0.1) is 0 Å². The highest BCUT2D eigenvalue weighted by Crippen LogP contribution is 2.38. The van der Waals surface area contributed by atoms with E-state index in [0.717, 1.165) is 11.1 Å². The maximum atomic E-state index is 12.8. The average Bonchev–Trinajstić information content (AvgIpc) is 3.56. The lowest BCUT2D eigenvalue weighted by Crippen LogP contribution is -2.28. The lowest BCUT2D eigenvalue weighted by atomic mass is 10.1. The van der Waals surface area contributed by atoms with Crippen LogP contribution in [0.5, 0.6) is 23.0 Å². The van der Waals surface area contributed by atoms with Crippen LogP contribution in [0.1, 0.15) is 36.7 Å². The van der Waals surface area contributed by atoms with Crippen molar-refractivity contribution in [2.75, 3.05) is 27.6 Å². The second-order valence-electron chi connectivity index (χ2n) is 7.76. The molecule has 5 rings (SSSR count). The summed E-state index contributed by atoms with van der Waals surface area (Å²) in [6.07, 6.45) is 0.331. The van der Waals surface area contributed by atoms with Crippen molar-refractivity contribution >= 4 is 5.91 Å². The van der Waals surface area contributed by atoms with Gasteiger partial charge in [0, 0.05) is 24.4 Å². The molecule has 1 aromatic heterocycles. The van der Waals surface area contributed by atoms with E-state index >= 15 is 0 Å². The van der Waals surface area contributed by atoms with E-state index in [1.54, 1.807) is 14.2 Å². The minimum atomic E-state index is -0.142. The number of aromatic nitrogens is 2. The van der Waals surface area contributed by atoms with Gasteiger partial charge in [0.25, 0.3) is 5.89 Å². The van der Waals surface area contributed by atoms with Gasteiger partial charge < -0.3 is 28.4 Å². The van der Waals surface area contributed by atoms with E-state index in [0.29, 0.717) is 47.7 Å². The molecule has 0 aliphatic carbocycles. The molecule has 0 saturated carbocycles. The van der Waals surface area contributed by atoms with E-state index < -0.39 is 0 Å². The summed E-state index contributed by atoms with van der Waals surface area (Å²) >= 11 is 0. The number of methoxy groups -OCH3 is 2. The van der Waals surface area contributed by atoms with Crippen LogP contribution in [0.4, 0.5) is 0 Å². The topological polar surface area (TPSA) is 96.2 Å². The van der Waals surface area contributed by atoms with E-state index in [1.165, 1.54) is 0 Å². The molecule has 9 heteroatoms. The van der Waals surface area contributed by atoms with Gasteiger partial charge in [0.2, 0.25) is 12.7 Å². The molecule has 1 fully saturated rings. The fourth-order valence-corrected chi connectivity index (χ4v) is 4.12. The molecule has 0 spiro atoms. The monoisotopic (exact) mass is 437 g/mol. The Labute approximate surface area is 184 Å². The van der Waals surface area contributed by atoms with Gasteiger partial charge in [0.15, 0.2) is 28.8 Å². The number of nitrogens with zero attached hydrogens (tertiary/aromatic N) is 3. The molecule has 3 aromatic rings. The fourth-order valence-electron chi connectivity index (χ4n) is 4.12. The molecule has 2 aromatic carbocycles. The molecule has 2 aliphatic heterocycles. The third-order valence-corrected chi connectivity index (χ3v) is 5.94. The van der Waals surface area contributed by atoms with Crippen molar-refractivity contribution < 1.29 is 28.3 Å². The van der Waals surface area contributed by atoms with Crippen molar-refractivity contribution in [1.82, 2.24) is 15.0 Å². The van der Waals surface area contributed by atoms with Crippen LogP contribution in [-0.2, 0) is 4.79 Å². The number of amides is 1. The van der Waals surface area contributed by atoms with Crippen LogP contribution in [0.15, 0.2) is 40.9 Å². The van der Waals surface area contributed by atoms with Crippen LogP contribution >= 0.6 is 0 Å². The van der Waals surface area contributed by atoms with E-state index in [-0.39, 0.29) is 24.7 Å². The maximum Gasteiger partial charge on any atom is 0.258 e. The zero-order valence-corrected chi connectivity index (χ0v) is 18.0. The average molecular weight is 437 g/mol. The number of rotatable bonds is 6. The predicted octanol–water partition coefficient (Wildman–Crippen LogP) is 3.56. The molecule has 2 unspecified atom stereocenters. The van der Waals surface area contributed by atoms with Crippen molar-refractivity contribution in [3.05, 3.63) is 47.8 Å². The molecule has 2 aliphatic rings. The zero-order chi connectivity index (χ0) is 22.2. The van der Waals surface area contributed by atoms with Crippen molar-refractivity contribution in [3.63, 3.8) is 0 Å². The number of carbonyl (C=O) groups excluding carboxylic acids is 1. The third kappa shape index (κ3) is 3.49. The molecule has 0 N–H and O–H groups in total. The lowest BCUT2D eigenvalue weighted by molar-refractivity contribution is -0.129. The SMILES string of the molecule is COc1ccc(C(C)N2CC(c3noc(-c4ccc5c(c4)OCO5)n3)CC2=O)cc1OC. The number of fused-ring (bicyclic) bond motifs is 1. The van der Waals surface area contributed by atoms with Crippen molar-refractivity contribution in [1.29, 1.82) is 0 Å². The molecule has 3 heterocycles. The summed E-state index contributed by atoms with van der Waals surface area (Å²) in [5.74, 6) is 3.43. The Kier molecular flexibility index (Phi) is 5.08. The van der Waals surface area contributed by atoms with Crippen LogP contribution in [-0.4, -0.2) is 48.5 Å². The van der Waals surface area contributed by atoms with E-state index in [9.17, 15) is 4.79 Å². The summed E-state index contributed by atoms with van der Waals surface area (Å²) in [4.78, 5) is 19.2. The molecular weight excluding hydrogens is 414 g/mol. The first kappa shape index (κ1) is 20.2. The smallest absolute Gasteiger partial charge is 0.258 e. The molecule has 166 valence electrons. The Hall–Kier alpha value is -3.75. The first-order valence-electron chi connectivity index (χ1n) is 10.3. The first-order chi connectivity index (χ1) is 15.6. The van der Waals surface area contributed by atoms with Crippen LogP contribution in [0.2, 0.25) is 0 Å². The van der Waals surface area contributed by atoms with Gasteiger partial charge in [-0.1, -0.05) is 11.2 Å². The molecule has 2 atom stereocenters. The fraction of sp³-hybridized carbons (Fsp3) is 0.348. The van der Waals surface area contributed by atoms with Gasteiger partial charge in [0.05, 0.1) is 20.3 Å². The van der Waals surface area contributed by atoms with Crippen LogP contribution in [0, 0.1) is 0 Å². The summed E-state index contributed by atoms with van der Waals surface area (Å²) < 4.78 is 26.9. The molecule has 0 radical (unpaired) electrons. The Morgan fingerprint density at radius 2 is 1.88 bits per heavy atom. The summed E-state index contributed by atoms with van der Waals surface area (Å²) in [5.41, 5.74) is 1.71. The van der Waals surface area contributed by atoms with E-state index in [2.05, 4.69) is 10.1 Å². The summed E-state index contributed by atoms with van der Waals surface area (Å²) in [6, 6.07) is 11.0. The van der Waals surface area contributed by atoms with Crippen LogP contribution in [0.25, 0.3) is 11.5 Å². The quantitative estimate of drug-likeness (QED) is 0.578. The molecular formula is C23H23N3O6. The number of benzene rings is 2. The molecule has 1 amide bonds. The predicted molar refractivity (Wildman–Crippen MR) is 113 cm³/mol. The molecule has 1 saturated heterocycles. The van der Waals surface area contributed by atoms with Crippen molar-refractivity contribution in [3.8, 4) is 34.5 Å². The number of ether oxygens (including phenoxy) is 4. The van der Waals surface area contributed by atoms with Crippen molar-refractivity contribution in [2.45, 2.75) is 25.3 Å². The minimum absolute atomic E-state index is 0.0479. The van der Waals surface area contributed by atoms with Gasteiger partial charge >= 0.3 is 0 Å². The Morgan fingerprint density at radius 1 is 1.06 bits per heavy atom. The number of likely N-dealkylation sites (tertiary alicyclic amines) is 1. The second-order valence-corrected chi connectivity index (χ2v) is 7.76.